The molecule has 0 radical (unpaired) electrons. The third kappa shape index (κ3) is 6.02. The van der Waals surface area contributed by atoms with E-state index < -0.39 is 24.1 Å². The van der Waals surface area contributed by atoms with Crippen LogP contribution in [0.1, 0.15) is 29.2 Å². The number of carbonyl (C=O) groups is 2. The molecule has 0 aliphatic heterocycles. The van der Waals surface area contributed by atoms with Gasteiger partial charge in [0.2, 0.25) is 0 Å². The van der Waals surface area contributed by atoms with Crippen LogP contribution in [0.25, 0.3) is 0 Å². The van der Waals surface area contributed by atoms with Gasteiger partial charge < -0.3 is 15.2 Å². The zero-order valence-corrected chi connectivity index (χ0v) is 15.9. The molecule has 0 aliphatic carbocycles. The van der Waals surface area contributed by atoms with Crippen molar-refractivity contribution in [3.8, 4) is 0 Å². The van der Waals surface area contributed by atoms with Gasteiger partial charge in [0.15, 0.2) is 6.10 Å². The van der Waals surface area contributed by atoms with Crippen LogP contribution >= 0.6 is 0 Å². The van der Waals surface area contributed by atoms with Gasteiger partial charge in [0.25, 0.3) is 0 Å². The van der Waals surface area contributed by atoms with Gasteiger partial charge in [-0.15, -0.1) is 0 Å². The lowest BCUT2D eigenvalue weighted by Crippen LogP contribution is -2.36. The highest BCUT2D eigenvalue weighted by atomic mass is 16.5. The Morgan fingerprint density at radius 1 is 0.759 bits per heavy atom. The number of carbonyl (C=O) groups excluding carboxylic acids is 2. The lowest BCUT2D eigenvalue weighted by molar-refractivity contribution is -0.154. The van der Waals surface area contributed by atoms with Gasteiger partial charge in [-0.3, -0.25) is 9.59 Å². The topological polar surface area (TPSA) is 78.6 Å². The summed E-state index contributed by atoms with van der Waals surface area (Å²) < 4.78 is 10.9. The smallest absolute Gasteiger partial charge is 0.324 e. The molecule has 0 heterocycles. The van der Waals surface area contributed by atoms with Crippen molar-refractivity contribution < 1.29 is 19.1 Å². The van der Waals surface area contributed by atoms with E-state index in [1.54, 1.807) is 0 Å². The number of nitrogens with two attached hydrogens (primary N) is 1. The van der Waals surface area contributed by atoms with E-state index in [0.717, 1.165) is 16.7 Å². The Labute approximate surface area is 170 Å². The maximum Gasteiger partial charge on any atom is 0.324 e. The second kappa shape index (κ2) is 10.2. The molecule has 3 aromatic carbocycles. The Bertz CT molecular complexity index is 874. The van der Waals surface area contributed by atoms with Crippen molar-refractivity contribution >= 4 is 11.9 Å². The minimum absolute atomic E-state index is 0.137. The minimum Gasteiger partial charge on any atom is -0.461 e. The maximum absolute atomic E-state index is 12.6. The summed E-state index contributed by atoms with van der Waals surface area (Å²) >= 11 is 0. The molecule has 29 heavy (non-hydrogen) atoms. The van der Waals surface area contributed by atoms with Gasteiger partial charge in [-0.25, -0.2) is 0 Å². The highest BCUT2D eigenvalue weighted by Gasteiger charge is 2.25. The monoisotopic (exact) mass is 389 g/mol. The molecule has 0 saturated heterocycles. The highest BCUT2D eigenvalue weighted by Crippen LogP contribution is 2.26. The van der Waals surface area contributed by atoms with E-state index in [-0.39, 0.29) is 13.0 Å². The van der Waals surface area contributed by atoms with Crippen LogP contribution in [0, 0.1) is 0 Å². The Morgan fingerprint density at radius 2 is 1.24 bits per heavy atom. The van der Waals surface area contributed by atoms with Crippen molar-refractivity contribution in [3.63, 3.8) is 0 Å². The van der Waals surface area contributed by atoms with Crippen LogP contribution in [0.15, 0.2) is 91.0 Å². The number of esters is 2. The fraction of sp³-hybridized carbons (Fsp3) is 0.167. The summed E-state index contributed by atoms with van der Waals surface area (Å²) in [6.07, 6.45) is -0.849. The molecule has 2 N–H and O–H groups in total. The first-order valence-corrected chi connectivity index (χ1v) is 9.39. The molecule has 0 unspecified atom stereocenters. The summed E-state index contributed by atoms with van der Waals surface area (Å²) in [7, 11) is 0. The number of rotatable bonds is 8. The van der Waals surface area contributed by atoms with Crippen molar-refractivity contribution in [1.82, 2.24) is 0 Å². The van der Waals surface area contributed by atoms with Gasteiger partial charge >= 0.3 is 11.9 Å². The Morgan fingerprint density at radius 3 is 1.76 bits per heavy atom. The number of hydrogen-bond donors (Lipinski definition) is 1. The predicted molar refractivity (Wildman–Crippen MR) is 110 cm³/mol. The summed E-state index contributed by atoms with van der Waals surface area (Å²) in [6, 6.07) is 27.0. The molecule has 0 fully saturated rings. The van der Waals surface area contributed by atoms with Crippen LogP contribution in [-0.2, 0) is 25.7 Å². The van der Waals surface area contributed by atoms with E-state index in [4.69, 9.17) is 15.2 Å². The minimum atomic E-state index is -1.10. The zero-order chi connectivity index (χ0) is 20.5. The molecule has 0 aliphatic rings. The van der Waals surface area contributed by atoms with Gasteiger partial charge in [0.05, 0.1) is 6.42 Å². The van der Waals surface area contributed by atoms with Crippen molar-refractivity contribution in [3.05, 3.63) is 108 Å². The average molecular weight is 389 g/mol. The SMILES string of the molecule is N[C@@H](CC(=O)OCc1ccccc1)C(=O)OC(c1ccccc1)c1ccccc1. The van der Waals surface area contributed by atoms with Crippen molar-refractivity contribution in [2.75, 3.05) is 0 Å². The standard InChI is InChI=1S/C24H23NO4/c25-21(16-22(26)28-17-18-10-4-1-5-11-18)24(27)29-23(19-12-6-2-7-13-19)20-14-8-3-9-15-20/h1-15,21,23H,16-17,25H2/t21-/m0/s1. The van der Waals surface area contributed by atoms with Crippen molar-refractivity contribution in [2.45, 2.75) is 25.2 Å². The molecular weight excluding hydrogens is 366 g/mol. The van der Waals surface area contributed by atoms with Gasteiger partial charge in [-0.05, 0) is 16.7 Å². The van der Waals surface area contributed by atoms with E-state index in [1.165, 1.54) is 0 Å². The molecule has 0 saturated carbocycles. The normalized spacial score (nSPS) is 11.7. The summed E-state index contributed by atoms with van der Waals surface area (Å²) in [4.78, 5) is 24.6. The number of hydrogen-bond acceptors (Lipinski definition) is 5. The second-order valence-corrected chi connectivity index (χ2v) is 6.60. The molecule has 5 heteroatoms. The van der Waals surface area contributed by atoms with Crippen molar-refractivity contribution in [1.29, 1.82) is 0 Å². The van der Waals surface area contributed by atoms with E-state index in [9.17, 15) is 9.59 Å². The van der Waals surface area contributed by atoms with E-state index >= 15 is 0 Å². The quantitative estimate of drug-likeness (QED) is 0.593. The molecule has 0 aromatic heterocycles. The molecule has 0 bridgehead atoms. The second-order valence-electron chi connectivity index (χ2n) is 6.60. The maximum atomic E-state index is 12.6. The Kier molecular flexibility index (Phi) is 7.14. The third-order valence-corrected chi connectivity index (χ3v) is 4.37. The molecular formula is C24H23NO4. The van der Waals surface area contributed by atoms with E-state index in [1.807, 2.05) is 91.0 Å². The lowest BCUT2D eigenvalue weighted by atomic mass is 10.0. The lowest BCUT2D eigenvalue weighted by Gasteiger charge is -2.21. The van der Waals surface area contributed by atoms with Crippen LogP contribution in [0.3, 0.4) is 0 Å². The van der Waals surface area contributed by atoms with E-state index in [0.29, 0.717) is 0 Å². The van der Waals surface area contributed by atoms with Crippen LogP contribution in [0.2, 0.25) is 0 Å². The van der Waals surface area contributed by atoms with Gasteiger partial charge in [0, 0.05) is 0 Å². The Balaban J connectivity index is 1.61. The van der Waals surface area contributed by atoms with Crippen LogP contribution in [0.4, 0.5) is 0 Å². The van der Waals surface area contributed by atoms with Gasteiger partial charge in [-0.1, -0.05) is 91.0 Å². The van der Waals surface area contributed by atoms with Crippen LogP contribution in [-0.4, -0.2) is 18.0 Å². The molecule has 0 amide bonds. The fourth-order valence-electron chi connectivity index (χ4n) is 2.85. The first-order chi connectivity index (χ1) is 14.1. The number of benzene rings is 3. The molecule has 3 aromatic rings. The van der Waals surface area contributed by atoms with Crippen LogP contribution < -0.4 is 5.73 Å². The first-order valence-electron chi connectivity index (χ1n) is 9.39. The molecule has 5 nitrogen and oxygen atoms in total. The average Bonchev–Trinajstić information content (AvgIpc) is 2.77. The summed E-state index contributed by atoms with van der Waals surface area (Å²) in [6.45, 7) is 0.137. The van der Waals surface area contributed by atoms with Crippen molar-refractivity contribution in [2.24, 2.45) is 5.73 Å². The third-order valence-electron chi connectivity index (χ3n) is 4.37. The summed E-state index contributed by atoms with van der Waals surface area (Å²) in [5.74, 6) is -1.20. The van der Waals surface area contributed by atoms with Gasteiger partial charge in [0.1, 0.15) is 12.6 Å². The largest absolute Gasteiger partial charge is 0.461 e. The summed E-state index contributed by atoms with van der Waals surface area (Å²) in [5.41, 5.74) is 8.43. The summed E-state index contributed by atoms with van der Waals surface area (Å²) in [5, 5.41) is 0. The fourth-order valence-corrected chi connectivity index (χ4v) is 2.85. The van der Waals surface area contributed by atoms with Crippen LogP contribution in [0.5, 0.6) is 0 Å². The van der Waals surface area contributed by atoms with Gasteiger partial charge in [-0.2, -0.15) is 0 Å². The molecule has 1 atom stereocenters. The molecule has 0 spiro atoms. The number of ether oxygens (including phenoxy) is 2. The molecule has 3 rings (SSSR count). The first kappa shape index (κ1) is 20.3. The highest BCUT2D eigenvalue weighted by molar-refractivity contribution is 5.82. The Hall–Kier alpha value is -3.44. The molecule has 148 valence electrons. The zero-order valence-electron chi connectivity index (χ0n) is 15.9. The van der Waals surface area contributed by atoms with E-state index in [2.05, 4.69) is 0 Å². The predicted octanol–water partition coefficient (Wildman–Crippen LogP) is 3.78.